The smallest absolute Gasteiger partial charge is 0.328 e. The fourth-order valence-corrected chi connectivity index (χ4v) is 5.34. The molecule has 0 aromatic carbocycles. The Bertz CT molecular complexity index is 819. The van der Waals surface area contributed by atoms with Crippen molar-refractivity contribution in [2.24, 2.45) is 5.92 Å². The van der Waals surface area contributed by atoms with E-state index in [1.165, 1.54) is 35.7 Å². The van der Waals surface area contributed by atoms with Gasteiger partial charge in [0.1, 0.15) is 22.2 Å². The summed E-state index contributed by atoms with van der Waals surface area (Å²) in [5, 5.41) is 4.74. The van der Waals surface area contributed by atoms with E-state index in [1.54, 1.807) is 17.7 Å². The average molecular weight is 394 g/mol. The third-order valence-corrected chi connectivity index (χ3v) is 6.52. The van der Waals surface area contributed by atoms with Crippen LogP contribution in [0.4, 0.5) is 0 Å². The van der Waals surface area contributed by atoms with E-state index >= 15 is 0 Å². The number of methoxy groups -OCH3 is 1. The number of esters is 1. The first-order chi connectivity index (χ1) is 12.5. The zero-order chi connectivity index (χ0) is 18.7. The zero-order valence-electron chi connectivity index (χ0n) is 15.2. The highest BCUT2D eigenvalue weighted by molar-refractivity contribution is 8.00. The second-order valence-electron chi connectivity index (χ2n) is 6.78. The van der Waals surface area contributed by atoms with E-state index in [4.69, 9.17) is 4.74 Å². The van der Waals surface area contributed by atoms with Gasteiger partial charge in [0.15, 0.2) is 0 Å². The molecule has 0 bridgehead atoms. The molecule has 1 atom stereocenters. The highest BCUT2D eigenvalue weighted by Gasteiger charge is 2.24. The largest absolute Gasteiger partial charge is 0.467 e. The number of carbonyl (C=O) groups is 2. The predicted octanol–water partition coefficient (Wildman–Crippen LogP) is 2.98. The topological polar surface area (TPSA) is 81.2 Å². The molecular weight excluding hydrogens is 370 g/mol. The van der Waals surface area contributed by atoms with Crippen LogP contribution >= 0.6 is 23.1 Å². The summed E-state index contributed by atoms with van der Waals surface area (Å²) in [4.78, 5) is 35.4. The van der Waals surface area contributed by atoms with Gasteiger partial charge in [0.05, 0.1) is 12.9 Å². The van der Waals surface area contributed by atoms with Crippen LogP contribution in [-0.4, -0.2) is 40.7 Å². The molecule has 0 radical (unpaired) electrons. The molecule has 2 aromatic heterocycles. The zero-order valence-corrected chi connectivity index (χ0v) is 16.8. The SMILES string of the molecule is COC(=O)[C@@H](CC(C)C)NC(=O)CSc1ncnc2sc3c(c12)CCC3. The van der Waals surface area contributed by atoms with Crippen LogP contribution in [-0.2, 0) is 27.2 Å². The Kier molecular flexibility index (Phi) is 6.13. The van der Waals surface area contributed by atoms with E-state index in [1.807, 2.05) is 13.8 Å². The molecule has 0 saturated carbocycles. The van der Waals surface area contributed by atoms with Gasteiger partial charge in [0.25, 0.3) is 0 Å². The van der Waals surface area contributed by atoms with Crippen molar-refractivity contribution in [2.45, 2.75) is 50.6 Å². The maximum atomic E-state index is 12.4. The summed E-state index contributed by atoms with van der Waals surface area (Å²) in [7, 11) is 1.34. The van der Waals surface area contributed by atoms with Crippen molar-refractivity contribution in [3.63, 3.8) is 0 Å². The van der Waals surface area contributed by atoms with E-state index in [9.17, 15) is 9.59 Å². The normalized spacial score (nSPS) is 14.5. The fraction of sp³-hybridized carbons (Fsp3) is 0.556. The summed E-state index contributed by atoms with van der Waals surface area (Å²) in [6.45, 7) is 4.01. The first kappa shape index (κ1) is 19.1. The number of fused-ring (bicyclic) bond motifs is 3. The second kappa shape index (κ2) is 8.35. The van der Waals surface area contributed by atoms with Gasteiger partial charge in [0, 0.05) is 10.3 Å². The monoisotopic (exact) mass is 393 g/mol. The van der Waals surface area contributed by atoms with E-state index < -0.39 is 12.0 Å². The minimum Gasteiger partial charge on any atom is -0.467 e. The van der Waals surface area contributed by atoms with Crippen LogP contribution in [0.5, 0.6) is 0 Å². The van der Waals surface area contributed by atoms with Crippen molar-refractivity contribution in [1.29, 1.82) is 0 Å². The van der Waals surface area contributed by atoms with E-state index in [2.05, 4.69) is 15.3 Å². The van der Waals surface area contributed by atoms with Crippen LogP contribution in [0.1, 0.15) is 37.1 Å². The Morgan fingerprint density at radius 2 is 2.15 bits per heavy atom. The lowest BCUT2D eigenvalue weighted by atomic mass is 10.0. The van der Waals surface area contributed by atoms with Crippen LogP contribution in [0.3, 0.4) is 0 Å². The molecule has 8 heteroatoms. The minimum atomic E-state index is -0.607. The highest BCUT2D eigenvalue weighted by Crippen LogP contribution is 2.39. The third kappa shape index (κ3) is 4.17. The minimum absolute atomic E-state index is 0.190. The molecule has 3 rings (SSSR count). The summed E-state index contributed by atoms with van der Waals surface area (Å²) in [5.41, 5.74) is 1.35. The molecule has 6 nitrogen and oxygen atoms in total. The molecule has 0 aliphatic heterocycles. The van der Waals surface area contributed by atoms with Crippen LogP contribution < -0.4 is 5.32 Å². The van der Waals surface area contributed by atoms with Crippen molar-refractivity contribution in [2.75, 3.05) is 12.9 Å². The van der Waals surface area contributed by atoms with Gasteiger partial charge >= 0.3 is 5.97 Å². The maximum Gasteiger partial charge on any atom is 0.328 e. The van der Waals surface area contributed by atoms with Crippen molar-refractivity contribution < 1.29 is 14.3 Å². The summed E-state index contributed by atoms with van der Waals surface area (Å²) >= 11 is 3.13. The molecule has 140 valence electrons. The summed E-state index contributed by atoms with van der Waals surface area (Å²) < 4.78 is 4.79. The van der Waals surface area contributed by atoms with E-state index in [0.717, 1.165) is 28.1 Å². The van der Waals surface area contributed by atoms with Gasteiger partial charge in [-0.15, -0.1) is 11.3 Å². The van der Waals surface area contributed by atoms with E-state index in [0.29, 0.717) is 6.42 Å². The number of aromatic nitrogens is 2. The molecule has 0 fully saturated rings. The van der Waals surface area contributed by atoms with Crippen molar-refractivity contribution in [3.05, 3.63) is 16.8 Å². The molecule has 1 N–H and O–H groups in total. The van der Waals surface area contributed by atoms with Gasteiger partial charge in [-0.25, -0.2) is 14.8 Å². The van der Waals surface area contributed by atoms with Gasteiger partial charge in [0.2, 0.25) is 5.91 Å². The molecular formula is C18H23N3O3S2. The summed E-state index contributed by atoms with van der Waals surface area (Å²) in [6, 6.07) is -0.607. The highest BCUT2D eigenvalue weighted by atomic mass is 32.2. The number of hydrogen-bond acceptors (Lipinski definition) is 7. The predicted molar refractivity (Wildman–Crippen MR) is 104 cm³/mol. The lowest BCUT2D eigenvalue weighted by Gasteiger charge is -2.18. The molecule has 0 spiro atoms. The first-order valence-corrected chi connectivity index (χ1v) is 10.5. The van der Waals surface area contributed by atoms with Crippen LogP contribution in [0.15, 0.2) is 11.4 Å². The number of nitrogens with zero attached hydrogens (tertiary/aromatic N) is 2. The second-order valence-corrected chi connectivity index (χ2v) is 8.83. The van der Waals surface area contributed by atoms with Gasteiger partial charge in [-0.05, 0) is 37.2 Å². The molecule has 0 unspecified atom stereocenters. The Morgan fingerprint density at radius 1 is 1.35 bits per heavy atom. The number of carbonyl (C=O) groups excluding carboxylic acids is 2. The molecule has 26 heavy (non-hydrogen) atoms. The van der Waals surface area contributed by atoms with Crippen LogP contribution in [0.25, 0.3) is 10.2 Å². The Morgan fingerprint density at radius 3 is 2.88 bits per heavy atom. The third-order valence-electron chi connectivity index (χ3n) is 4.33. The molecule has 0 saturated heterocycles. The quantitative estimate of drug-likeness (QED) is 0.442. The molecule has 2 heterocycles. The number of rotatable bonds is 7. The Hall–Kier alpha value is -1.67. The van der Waals surface area contributed by atoms with Gasteiger partial charge < -0.3 is 10.1 Å². The Balaban J connectivity index is 1.68. The fourth-order valence-electron chi connectivity index (χ4n) is 3.21. The lowest BCUT2D eigenvalue weighted by Crippen LogP contribution is -2.43. The van der Waals surface area contributed by atoms with Crippen molar-refractivity contribution in [1.82, 2.24) is 15.3 Å². The number of thioether (sulfide) groups is 1. The molecule has 1 aliphatic rings. The van der Waals surface area contributed by atoms with Gasteiger partial charge in [-0.3, -0.25) is 4.79 Å². The Labute approximate surface area is 161 Å². The van der Waals surface area contributed by atoms with Gasteiger partial charge in [-0.2, -0.15) is 0 Å². The molecule has 1 amide bonds. The maximum absolute atomic E-state index is 12.4. The van der Waals surface area contributed by atoms with Crippen molar-refractivity contribution in [3.8, 4) is 0 Å². The van der Waals surface area contributed by atoms with Crippen LogP contribution in [0, 0.1) is 5.92 Å². The number of nitrogens with one attached hydrogen (secondary N) is 1. The standard InChI is InChI=1S/C18H23N3O3S2/c1-10(2)7-12(18(23)24-3)21-14(22)8-25-16-15-11-5-4-6-13(11)26-17(15)20-9-19-16/h9-10,12H,4-8H2,1-3H3,(H,21,22)/t12-/m1/s1. The number of aryl methyl sites for hydroxylation is 2. The number of hydrogen-bond donors (Lipinski definition) is 1. The van der Waals surface area contributed by atoms with Crippen molar-refractivity contribution >= 4 is 45.2 Å². The average Bonchev–Trinajstić information content (AvgIpc) is 3.19. The lowest BCUT2D eigenvalue weighted by molar-refractivity contribution is -0.145. The summed E-state index contributed by atoms with van der Waals surface area (Å²) in [6.07, 6.45) is 5.45. The number of thiophene rings is 1. The molecule has 2 aromatic rings. The van der Waals surface area contributed by atoms with E-state index in [-0.39, 0.29) is 17.6 Å². The number of ether oxygens (including phenoxy) is 1. The molecule has 1 aliphatic carbocycles. The first-order valence-electron chi connectivity index (χ1n) is 8.74. The van der Waals surface area contributed by atoms with Crippen LogP contribution in [0.2, 0.25) is 0 Å². The number of amides is 1. The van der Waals surface area contributed by atoms with Gasteiger partial charge in [-0.1, -0.05) is 25.6 Å². The summed E-state index contributed by atoms with van der Waals surface area (Å²) in [5.74, 6) is -0.105.